The van der Waals surface area contributed by atoms with Crippen LogP contribution in [0, 0.1) is 0 Å². The molecule has 1 heteroatoms. The average molecular weight is 336 g/mol. The van der Waals surface area contributed by atoms with Crippen LogP contribution in [0.1, 0.15) is 56.6 Å². The molecule has 0 bridgehead atoms. The normalized spacial score (nSPS) is 14.5. The maximum atomic E-state index is 2.52. The monoisotopic (exact) mass is 335 g/mol. The van der Waals surface area contributed by atoms with Crippen molar-refractivity contribution in [3.8, 4) is 0 Å². The first-order valence-electron chi connectivity index (χ1n) is 9.61. The number of unbranched alkanes of at least 4 members (excludes halogenated alkanes) is 2. The Hall–Kier alpha value is -1.86. The number of benzene rings is 2. The summed E-state index contributed by atoms with van der Waals surface area (Å²) in [6.07, 6.45) is 7.49. The third kappa shape index (κ3) is 5.86. The molecule has 0 aliphatic carbocycles. The molecule has 1 nitrogen and oxygen atoms in total. The number of hydrogen-bond acceptors (Lipinski definition) is 1. The molecule has 25 heavy (non-hydrogen) atoms. The highest BCUT2D eigenvalue weighted by atomic mass is 15.1. The van der Waals surface area contributed by atoms with Gasteiger partial charge in [0.2, 0.25) is 0 Å². The van der Waals surface area contributed by atoms with Crippen LogP contribution in [-0.2, 0) is 0 Å². The van der Waals surface area contributed by atoms with Crippen molar-refractivity contribution >= 4 is 5.57 Å². The van der Waals surface area contributed by atoms with Gasteiger partial charge in [0.05, 0.1) is 0 Å². The third-order valence-electron chi connectivity index (χ3n) is 5.09. The van der Waals surface area contributed by atoms with Crippen molar-refractivity contribution in [3.63, 3.8) is 0 Å². The first-order chi connectivity index (χ1) is 12.1. The molecule has 2 atom stereocenters. The Morgan fingerprint density at radius 1 is 0.920 bits per heavy atom. The van der Waals surface area contributed by atoms with Crippen LogP contribution in [0.15, 0.2) is 66.7 Å². The van der Waals surface area contributed by atoms with E-state index in [0.29, 0.717) is 12.0 Å². The summed E-state index contributed by atoms with van der Waals surface area (Å²) in [5, 5.41) is 0. The van der Waals surface area contributed by atoms with Gasteiger partial charge in [-0.25, -0.2) is 0 Å². The minimum Gasteiger partial charge on any atom is -0.306 e. The fourth-order valence-corrected chi connectivity index (χ4v) is 3.27. The van der Waals surface area contributed by atoms with Gasteiger partial charge in [0, 0.05) is 12.0 Å². The molecule has 134 valence electrons. The quantitative estimate of drug-likeness (QED) is 0.480. The van der Waals surface area contributed by atoms with Gasteiger partial charge >= 0.3 is 0 Å². The summed E-state index contributed by atoms with van der Waals surface area (Å²) < 4.78 is 0. The second-order valence-electron chi connectivity index (χ2n) is 7.16. The average Bonchev–Trinajstić information content (AvgIpc) is 2.65. The zero-order valence-corrected chi connectivity index (χ0v) is 16.3. The van der Waals surface area contributed by atoms with Gasteiger partial charge in [-0.1, -0.05) is 86.5 Å². The lowest BCUT2D eigenvalue weighted by atomic mass is 9.87. The van der Waals surface area contributed by atoms with E-state index in [0.717, 1.165) is 6.42 Å². The van der Waals surface area contributed by atoms with E-state index < -0.39 is 0 Å². The number of allylic oxidation sites excluding steroid dienone is 1. The molecule has 0 radical (unpaired) electrons. The summed E-state index contributed by atoms with van der Waals surface area (Å²) in [6, 6.07) is 22.3. The van der Waals surface area contributed by atoms with Crippen molar-refractivity contribution in [2.45, 2.75) is 51.5 Å². The lowest BCUT2D eigenvalue weighted by Gasteiger charge is -2.28. The minimum atomic E-state index is 0.396. The van der Waals surface area contributed by atoms with Crippen molar-refractivity contribution < 1.29 is 0 Å². The largest absolute Gasteiger partial charge is 0.306 e. The fourth-order valence-electron chi connectivity index (χ4n) is 3.27. The van der Waals surface area contributed by atoms with Crippen molar-refractivity contribution in [2.24, 2.45) is 0 Å². The molecule has 0 saturated carbocycles. The first-order valence-corrected chi connectivity index (χ1v) is 9.61. The maximum absolute atomic E-state index is 2.52. The number of rotatable bonds is 9. The van der Waals surface area contributed by atoms with Crippen LogP contribution < -0.4 is 0 Å². The van der Waals surface area contributed by atoms with Gasteiger partial charge in [0.1, 0.15) is 0 Å². The van der Waals surface area contributed by atoms with Gasteiger partial charge in [-0.15, -0.1) is 0 Å². The molecule has 0 saturated heterocycles. The minimum absolute atomic E-state index is 0.396. The van der Waals surface area contributed by atoms with E-state index in [1.807, 2.05) is 0 Å². The molecule has 0 aromatic heterocycles. The van der Waals surface area contributed by atoms with Crippen molar-refractivity contribution in [3.05, 3.63) is 77.9 Å². The Bertz CT molecular complexity index is 628. The molecule has 0 fully saturated rings. The van der Waals surface area contributed by atoms with Crippen LogP contribution in [0.3, 0.4) is 0 Å². The Morgan fingerprint density at radius 2 is 1.52 bits per heavy atom. The molecule has 0 amide bonds. The summed E-state index contributed by atoms with van der Waals surface area (Å²) in [4.78, 5) is 2.32. The zero-order chi connectivity index (χ0) is 18.1. The molecule has 0 heterocycles. The fraction of sp³-hybridized carbons (Fsp3) is 0.417. The molecular formula is C24H33N. The SMILES string of the molecule is CCCCC/C(=C\[C@@H](c1ccccc1)[C@H](C)N(C)C)c1ccccc1. The lowest BCUT2D eigenvalue weighted by Crippen LogP contribution is -2.30. The van der Waals surface area contributed by atoms with Gasteiger partial charge in [-0.3, -0.25) is 0 Å². The summed E-state index contributed by atoms with van der Waals surface area (Å²) in [6.45, 7) is 4.59. The van der Waals surface area contributed by atoms with Crippen LogP contribution >= 0.6 is 0 Å². The Kier molecular flexibility index (Phi) is 7.94. The predicted molar refractivity (Wildman–Crippen MR) is 111 cm³/mol. The Morgan fingerprint density at radius 3 is 2.08 bits per heavy atom. The van der Waals surface area contributed by atoms with Crippen molar-refractivity contribution in [1.29, 1.82) is 0 Å². The molecule has 2 aromatic carbocycles. The first kappa shape index (κ1) is 19.5. The second kappa shape index (κ2) is 10.2. The highest BCUT2D eigenvalue weighted by molar-refractivity contribution is 5.66. The number of likely N-dealkylation sites (N-methyl/N-ethyl adjacent to an activating group) is 1. The van der Waals surface area contributed by atoms with E-state index in [9.17, 15) is 0 Å². The molecule has 0 aliphatic rings. The number of hydrogen-bond donors (Lipinski definition) is 0. The van der Waals surface area contributed by atoms with Gasteiger partial charge in [0.15, 0.2) is 0 Å². The topological polar surface area (TPSA) is 3.24 Å². The van der Waals surface area contributed by atoms with E-state index >= 15 is 0 Å². The molecule has 0 N–H and O–H groups in total. The van der Waals surface area contributed by atoms with Crippen LogP contribution in [0.2, 0.25) is 0 Å². The van der Waals surface area contributed by atoms with Crippen molar-refractivity contribution in [2.75, 3.05) is 14.1 Å². The second-order valence-corrected chi connectivity index (χ2v) is 7.16. The summed E-state index contributed by atoms with van der Waals surface area (Å²) >= 11 is 0. The van der Waals surface area contributed by atoms with Gasteiger partial charge in [-0.05, 0) is 50.6 Å². The Labute approximate surface area is 154 Å². The van der Waals surface area contributed by atoms with Crippen LogP contribution in [0.5, 0.6) is 0 Å². The van der Waals surface area contributed by atoms with E-state index in [2.05, 4.69) is 99.6 Å². The van der Waals surface area contributed by atoms with Gasteiger partial charge < -0.3 is 4.90 Å². The zero-order valence-electron chi connectivity index (χ0n) is 16.3. The standard InChI is InChI=1S/C24H33N/c1-5-6-9-18-23(21-14-10-7-11-15-21)19-24(20(2)25(3)4)22-16-12-8-13-17-22/h7-8,10-17,19-20,24H,5-6,9,18H2,1-4H3/b23-19+/t20-,24+/m0/s1. The summed E-state index contributed by atoms with van der Waals surface area (Å²) in [5.41, 5.74) is 4.25. The molecule has 0 unspecified atom stereocenters. The highest BCUT2D eigenvalue weighted by Crippen LogP contribution is 2.30. The highest BCUT2D eigenvalue weighted by Gasteiger charge is 2.20. The third-order valence-corrected chi connectivity index (χ3v) is 5.09. The van der Waals surface area contributed by atoms with Crippen molar-refractivity contribution in [1.82, 2.24) is 4.90 Å². The summed E-state index contributed by atoms with van der Waals surface area (Å²) in [7, 11) is 4.35. The van der Waals surface area contributed by atoms with E-state index in [4.69, 9.17) is 0 Å². The van der Waals surface area contributed by atoms with Gasteiger partial charge in [-0.2, -0.15) is 0 Å². The molecule has 2 aromatic rings. The smallest absolute Gasteiger partial charge is 0.0177 e. The van der Waals surface area contributed by atoms with Crippen LogP contribution in [-0.4, -0.2) is 25.0 Å². The van der Waals surface area contributed by atoms with Crippen LogP contribution in [0.25, 0.3) is 5.57 Å². The lowest BCUT2D eigenvalue weighted by molar-refractivity contribution is 0.293. The Balaban J connectivity index is 2.39. The molecular weight excluding hydrogens is 302 g/mol. The number of nitrogens with zero attached hydrogens (tertiary/aromatic N) is 1. The molecule has 0 spiro atoms. The molecule has 0 aliphatic heterocycles. The van der Waals surface area contributed by atoms with Gasteiger partial charge in [0.25, 0.3) is 0 Å². The maximum Gasteiger partial charge on any atom is 0.0177 e. The predicted octanol–water partition coefficient (Wildman–Crippen LogP) is 6.38. The van der Waals surface area contributed by atoms with E-state index in [-0.39, 0.29) is 0 Å². The summed E-state index contributed by atoms with van der Waals surface area (Å²) in [5.74, 6) is 0.396. The van der Waals surface area contributed by atoms with E-state index in [1.165, 1.54) is 36.0 Å². The molecule has 2 rings (SSSR count). The van der Waals surface area contributed by atoms with E-state index in [1.54, 1.807) is 0 Å². The van der Waals surface area contributed by atoms with Crippen LogP contribution in [0.4, 0.5) is 0 Å².